The summed E-state index contributed by atoms with van der Waals surface area (Å²) in [6.07, 6.45) is 2.69. The quantitative estimate of drug-likeness (QED) is 0.849. The first-order valence-electron chi connectivity index (χ1n) is 7.31. The summed E-state index contributed by atoms with van der Waals surface area (Å²) in [7, 11) is 0. The maximum atomic E-state index is 5.35. The largest absolute Gasteiger partial charge is 0.454 e. The van der Waals surface area contributed by atoms with Crippen LogP contribution in [-0.4, -0.2) is 28.5 Å². The standard InChI is InChI=1S/C15H19N5O2/c1-10(2)5-6-16-14-8-17-20-15(19-14)18-11-3-4-12-13(7-11)22-9-21-12/h3-4,7-8,10H,5-6,9H2,1-2H3,(H2,16,18,19,20). The lowest BCUT2D eigenvalue weighted by Crippen LogP contribution is -2.08. The molecule has 0 saturated carbocycles. The van der Waals surface area contributed by atoms with E-state index < -0.39 is 0 Å². The van der Waals surface area contributed by atoms with Gasteiger partial charge in [-0.1, -0.05) is 13.8 Å². The van der Waals surface area contributed by atoms with E-state index in [9.17, 15) is 0 Å². The van der Waals surface area contributed by atoms with Gasteiger partial charge < -0.3 is 20.1 Å². The first kappa shape index (κ1) is 14.4. The Morgan fingerprint density at radius 3 is 2.95 bits per heavy atom. The number of aromatic nitrogens is 3. The van der Waals surface area contributed by atoms with Crippen LogP contribution in [0.4, 0.5) is 17.5 Å². The molecule has 1 aromatic heterocycles. The molecule has 7 heteroatoms. The minimum absolute atomic E-state index is 0.256. The average Bonchev–Trinajstić information content (AvgIpc) is 2.95. The number of hydrogen-bond acceptors (Lipinski definition) is 7. The summed E-state index contributed by atoms with van der Waals surface area (Å²) in [4.78, 5) is 4.39. The molecule has 7 nitrogen and oxygen atoms in total. The van der Waals surface area contributed by atoms with Crippen LogP contribution in [0.2, 0.25) is 0 Å². The number of ether oxygens (including phenoxy) is 2. The van der Waals surface area contributed by atoms with E-state index in [4.69, 9.17) is 9.47 Å². The highest BCUT2D eigenvalue weighted by atomic mass is 16.7. The molecule has 1 aliphatic heterocycles. The number of nitrogens with one attached hydrogen (secondary N) is 2. The zero-order chi connectivity index (χ0) is 15.4. The zero-order valence-corrected chi connectivity index (χ0v) is 12.7. The van der Waals surface area contributed by atoms with Gasteiger partial charge in [-0.05, 0) is 24.5 Å². The van der Waals surface area contributed by atoms with Crippen molar-refractivity contribution in [2.24, 2.45) is 5.92 Å². The Bertz CT molecular complexity index is 648. The fourth-order valence-electron chi connectivity index (χ4n) is 2.03. The summed E-state index contributed by atoms with van der Waals surface area (Å²) in [6, 6.07) is 5.59. The van der Waals surface area contributed by atoms with E-state index >= 15 is 0 Å². The van der Waals surface area contributed by atoms with E-state index in [0.717, 1.165) is 24.4 Å². The van der Waals surface area contributed by atoms with Gasteiger partial charge in [0.2, 0.25) is 12.7 Å². The van der Waals surface area contributed by atoms with Crippen LogP contribution >= 0.6 is 0 Å². The van der Waals surface area contributed by atoms with Crippen molar-refractivity contribution in [1.29, 1.82) is 0 Å². The first-order valence-corrected chi connectivity index (χ1v) is 7.31. The van der Waals surface area contributed by atoms with Crippen molar-refractivity contribution in [2.45, 2.75) is 20.3 Å². The second-order valence-corrected chi connectivity index (χ2v) is 5.47. The highest BCUT2D eigenvalue weighted by Gasteiger charge is 2.13. The highest BCUT2D eigenvalue weighted by Crippen LogP contribution is 2.34. The van der Waals surface area contributed by atoms with E-state index in [2.05, 4.69) is 39.7 Å². The van der Waals surface area contributed by atoms with Gasteiger partial charge in [0.1, 0.15) is 0 Å². The summed E-state index contributed by atoms with van der Waals surface area (Å²) in [5.74, 6) is 3.25. The number of fused-ring (bicyclic) bond motifs is 1. The summed E-state index contributed by atoms with van der Waals surface area (Å²) in [5, 5.41) is 14.3. The van der Waals surface area contributed by atoms with Crippen molar-refractivity contribution in [3.8, 4) is 11.5 Å². The molecule has 0 radical (unpaired) electrons. The average molecular weight is 301 g/mol. The SMILES string of the molecule is CC(C)CCNc1cnnc(Nc2ccc3c(c2)OCO3)n1. The Kier molecular flexibility index (Phi) is 4.22. The van der Waals surface area contributed by atoms with Crippen molar-refractivity contribution >= 4 is 17.5 Å². The minimum Gasteiger partial charge on any atom is -0.454 e. The normalized spacial score (nSPS) is 12.5. The van der Waals surface area contributed by atoms with Gasteiger partial charge in [-0.3, -0.25) is 0 Å². The van der Waals surface area contributed by atoms with Crippen molar-refractivity contribution in [3.05, 3.63) is 24.4 Å². The van der Waals surface area contributed by atoms with Crippen LogP contribution < -0.4 is 20.1 Å². The van der Waals surface area contributed by atoms with Gasteiger partial charge in [0, 0.05) is 18.3 Å². The molecular formula is C15H19N5O2. The Morgan fingerprint density at radius 2 is 2.09 bits per heavy atom. The van der Waals surface area contributed by atoms with Crippen LogP contribution in [0.15, 0.2) is 24.4 Å². The molecule has 0 fully saturated rings. The maximum absolute atomic E-state index is 5.35. The summed E-state index contributed by atoms with van der Waals surface area (Å²) >= 11 is 0. The Balaban J connectivity index is 1.65. The maximum Gasteiger partial charge on any atom is 0.249 e. The number of hydrogen-bond donors (Lipinski definition) is 2. The monoisotopic (exact) mass is 301 g/mol. The summed E-state index contributed by atoms with van der Waals surface area (Å²) in [6.45, 7) is 5.49. The van der Waals surface area contributed by atoms with Gasteiger partial charge in [0.05, 0.1) is 6.20 Å². The Hall–Kier alpha value is -2.57. The fraction of sp³-hybridized carbons (Fsp3) is 0.400. The van der Waals surface area contributed by atoms with Crippen molar-refractivity contribution in [3.63, 3.8) is 0 Å². The molecule has 0 saturated heterocycles. The van der Waals surface area contributed by atoms with E-state index in [1.807, 2.05) is 18.2 Å². The first-order chi connectivity index (χ1) is 10.7. The third-order valence-electron chi connectivity index (χ3n) is 3.22. The van der Waals surface area contributed by atoms with E-state index in [0.29, 0.717) is 23.4 Å². The number of rotatable bonds is 6. The second kappa shape index (κ2) is 6.46. The van der Waals surface area contributed by atoms with Crippen LogP contribution in [0.3, 0.4) is 0 Å². The molecule has 0 aliphatic carbocycles. The van der Waals surface area contributed by atoms with E-state index in [1.165, 1.54) is 0 Å². The molecule has 2 aromatic rings. The smallest absolute Gasteiger partial charge is 0.249 e. The highest BCUT2D eigenvalue weighted by molar-refractivity contribution is 5.60. The van der Waals surface area contributed by atoms with E-state index in [-0.39, 0.29) is 6.79 Å². The van der Waals surface area contributed by atoms with E-state index in [1.54, 1.807) is 6.20 Å². The molecule has 0 amide bonds. The molecule has 0 atom stereocenters. The van der Waals surface area contributed by atoms with Gasteiger partial charge in [0.25, 0.3) is 0 Å². The molecule has 0 spiro atoms. The lowest BCUT2D eigenvalue weighted by atomic mass is 10.1. The van der Waals surface area contributed by atoms with Crippen molar-refractivity contribution in [1.82, 2.24) is 15.2 Å². The lowest BCUT2D eigenvalue weighted by molar-refractivity contribution is 0.174. The Labute approximate surface area is 129 Å². The van der Waals surface area contributed by atoms with Crippen molar-refractivity contribution in [2.75, 3.05) is 24.0 Å². The third-order valence-corrected chi connectivity index (χ3v) is 3.22. The summed E-state index contributed by atoms with van der Waals surface area (Å²) in [5.41, 5.74) is 0.824. The van der Waals surface area contributed by atoms with Crippen LogP contribution in [0.25, 0.3) is 0 Å². The number of anilines is 3. The zero-order valence-electron chi connectivity index (χ0n) is 12.7. The lowest BCUT2D eigenvalue weighted by Gasteiger charge is -2.09. The topological polar surface area (TPSA) is 81.2 Å². The fourth-order valence-corrected chi connectivity index (χ4v) is 2.03. The van der Waals surface area contributed by atoms with Crippen LogP contribution in [0.1, 0.15) is 20.3 Å². The molecular weight excluding hydrogens is 282 g/mol. The third kappa shape index (κ3) is 3.55. The molecule has 0 unspecified atom stereocenters. The molecule has 1 aliphatic rings. The molecule has 0 bridgehead atoms. The Morgan fingerprint density at radius 1 is 1.23 bits per heavy atom. The van der Waals surface area contributed by atoms with Gasteiger partial charge >= 0.3 is 0 Å². The molecule has 3 rings (SSSR count). The number of nitrogens with zero attached hydrogens (tertiary/aromatic N) is 3. The second-order valence-electron chi connectivity index (χ2n) is 5.47. The molecule has 2 heterocycles. The molecule has 1 aromatic carbocycles. The molecule has 116 valence electrons. The van der Waals surface area contributed by atoms with Gasteiger partial charge in [-0.15, -0.1) is 5.10 Å². The minimum atomic E-state index is 0.256. The summed E-state index contributed by atoms with van der Waals surface area (Å²) < 4.78 is 10.6. The predicted octanol–water partition coefficient (Wildman–Crippen LogP) is 2.80. The number of benzene rings is 1. The van der Waals surface area contributed by atoms with Crippen LogP contribution in [-0.2, 0) is 0 Å². The van der Waals surface area contributed by atoms with Crippen LogP contribution in [0, 0.1) is 5.92 Å². The van der Waals surface area contributed by atoms with Crippen LogP contribution in [0.5, 0.6) is 11.5 Å². The van der Waals surface area contributed by atoms with Gasteiger partial charge in [-0.25, -0.2) is 0 Å². The van der Waals surface area contributed by atoms with Crippen molar-refractivity contribution < 1.29 is 9.47 Å². The molecule has 2 N–H and O–H groups in total. The predicted molar refractivity (Wildman–Crippen MR) is 83.6 cm³/mol. The molecule has 22 heavy (non-hydrogen) atoms. The van der Waals surface area contributed by atoms with Gasteiger partial charge in [-0.2, -0.15) is 10.1 Å². The van der Waals surface area contributed by atoms with Gasteiger partial charge in [0.15, 0.2) is 17.3 Å².